The molecule has 4 heteroatoms. The van der Waals surface area contributed by atoms with Crippen molar-refractivity contribution in [3.63, 3.8) is 0 Å². The second-order valence-corrected chi connectivity index (χ2v) is 5.47. The molecule has 0 aromatic rings. The Balaban J connectivity index is 2.15. The summed E-state index contributed by atoms with van der Waals surface area (Å²) in [7, 11) is 0. The van der Waals surface area contributed by atoms with Crippen LogP contribution in [0.4, 0.5) is 0 Å². The summed E-state index contributed by atoms with van der Waals surface area (Å²) in [6.07, 6.45) is 2.56. The fourth-order valence-corrected chi connectivity index (χ4v) is 3.50. The zero-order valence-electron chi connectivity index (χ0n) is 10.0. The first-order valence-electron chi connectivity index (χ1n) is 6.21. The minimum Gasteiger partial charge on any atom is -0.550 e. The highest BCUT2D eigenvalue weighted by molar-refractivity contribution is 5.92. The third-order valence-electron chi connectivity index (χ3n) is 4.59. The Morgan fingerprint density at radius 1 is 1.41 bits per heavy atom. The minimum atomic E-state index is -1.12. The van der Waals surface area contributed by atoms with Crippen LogP contribution in [-0.4, -0.2) is 17.5 Å². The Hall–Kier alpha value is -1.19. The molecule has 0 aromatic heterocycles. The van der Waals surface area contributed by atoms with Gasteiger partial charge in [-0.1, -0.05) is 6.92 Å². The van der Waals surface area contributed by atoms with Gasteiger partial charge in [-0.25, -0.2) is 0 Å². The first kappa shape index (κ1) is 12.3. The number of hydrogen-bond acceptors (Lipinski definition) is 4. The molecule has 0 unspecified atom stereocenters. The zero-order chi connectivity index (χ0) is 12.6. The second kappa shape index (κ2) is 4.24. The van der Waals surface area contributed by atoms with Crippen LogP contribution in [0, 0.1) is 17.3 Å². The molecular formula is C13H17O4-. The first-order chi connectivity index (χ1) is 7.95. The summed E-state index contributed by atoms with van der Waals surface area (Å²) in [5, 5.41) is 10.5. The normalized spacial score (nSPS) is 37.0. The number of carbonyl (C=O) groups excluding carboxylic acids is 3. The molecule has 0 aliphatic heterocycles. The molecule has 0 spiro atoms. The minimum absolute atomic E-state index is 0.0515. The van der Waals surface area contributed by atoms with E-state index >= 15 is 0 Å². The Bertz CT molecular complexity index is 374. The fraction of sp³-hybridized carbons (Fsp3) is 0.769. The van der Waals surface area contributed by atoms with Gasteiger partial charge < -0.3 is 9.90 Å². The molecular weight excluding hydrogens is 220 g/mol. The summed E-state index contributed by atoms with van der Waals surface area (Å²) in [5.74, 6) is -0.944. The van der Waals surface area contributed by atoms with Crippen LogP contribution < -0.4 is 5.11 Å². The van der Waals surface area contributed by atoms with Crippen LogP contribution in [0.25, 0.3) is 0 Å². The van der Waals surface area contributed by atoms with Gasteiger partial charge in [0.05, 0.1) is 0 Å². The molecule has 0 heterocycles. The molecule has 3 atom stereocenters. The van der Waals surface area contributed by atoms with E-state index in [1.54, 1.807) is 0 Å². The van der Waals surface area contributed by atoms with Gasteiger partial charge in [0.2, 0.25) is 0 Å². The molecule has 0 N–H and O–H groups in total. The van der Waals surface area contributed by atoms with Gasteiger partial charge in [-0.3, -0.25) is 9.59 Å². The number of hydrogen-bond donors (Lipinski definition) is 0. The molecule has 0 aromatic carbocycles. The highest BCUT2D eigenvalue weighted by Crippen LogP contribution is 2.52. The average Bonchev–Trinajstić information content (AvgIpc) is 2.55. The van der Waals surface area contributed by atoms with Gasteiger partial charge >= 0.3 is 0 Å². The lowest BCUT2D eigenvalue weighted by molar-refractivity contribution is -0.306. The van der Waals surface area contributed by atoms with E-state index in [2.05, 4.69) is 0 Å². The topological polar surface area (TPSA) is 74.3 Å². The maximum atomic E-state index is 11.9. The van der Waals surface area contributed by atoms with E-state index in [9.17, 15) is 19.5 Å². The van der Waals surface area contributed by atoms with Crippen molar-refractivity contribution in [3.8, 4) is 0 Å². The largest absolute Gasteiger partial charge is 0.550 e. The molecule has 0 radical (unpaired) electrons. The predicted octanol–water partition coefficient (Wildman–Crippen LogP) is 0.481. The van der Waals surface area contributed by atoms with Crippen LogP contribution in [-0.2, 0) is 14.4 Å². The zero-order valence-corrected chi connectivity index (χ0v) is 10.0. The van der Waals surface area contributed by atoms with Crippen LogP contribution in [0.5, 0.6) is 0 Å². The molecule has 2 fully saturated rings. The van der Waals surface area contributed by atoms with Crippen LogP contribution in [0.1, 0.15) is 45.4 Å². The number of rotatable bonds is 3. The van der Waals surface area contributed by atoms with Crippen LogP contribution in [0.15, 0.2) is 0 Å². The molecule has 0 amide bonds. The van der Waals surface area contributed by atoms with Crippen molar-refractivity contribution in [1.29, 1.82) is 0 Å². The van der Waals surface area contributed by atoms with Gasteiger partial charge in [-0.2, -0.15) is 0 Å². The fourth-order valence-electron chi connectivity index (χ4n) is 3.50. The van der Waals surface area contributed by atoms with Crippen LogP contribution >= 0.6 is 0 Å². The molecule has 0 saturated heterocycles. The van der Waals surface area contributed by atoms with Crippen molar-refractivity contribution < 1.29 is 19.5 Å². The number of aliphatic carboxylic acids is 1. The lowest BCUT2D eigenvalue weighted by Gasteiger charge is -2.39. The van der Waals surface area contributed by atoms with E-state index in [0.717, 1.165) is 6.42 Å². The average molecular weight is 237 g/mol. The quantitative estimate of drug-likeness (QED) is 0.715. The lowest BCUT2D eigenvalue weighted by Crippen LogP contribution is -2.42. The predicted molar refractivity (Wildman–Crippen MR) is 57.8 cm³/mol. The van der Waals surface area contributed by atoms with Crippen LogP contribution in [0.2, 0.25) is 0 Å². The number of Topliss-reactive ketones (excluding diaryl/α,β-unsaturated/α-hetero) is 2. The van der Waals surface area contributed by atoms with E-state index in [1.165, 1.54) is 0 Å². The molecule has 17 heavy (non-hydrogen) atoms. The van der Waals surface area contributed by atoms with Crippen molar-refractivity contribution in [2.45, 2.75) is 45.4 Å². The summed E-state index contributed by atoms with van der Waals surface area (Å²) >= 11 is 0. The van der Waals surface area contributed by atoms with Gasteiger partial charge in [-0.05, 0) is 31.6 Å². The molecule has 4 nitrogen and oxygen atoms in total. The molecule has 0 bridgehead atoms. The lowest BCUT2D eigenvalue weighted by atomic mass is 9.62. The SMILES string of the molecule is C[C@]12CCC(=O)[C@@H](CCC(=O)[O-])[C@@H]1CCC2=O. The van der Waals surface area contributed by atoms with Gasteiger partial charge in [0.15, 0.2) is 0 Å². The van der Waals surface area contributed by atoms with E-state index in [4.69, 9.17) is 0 Å². The molecule has 2 rings (SSSR count). The summed E-state index contributed by atoms with van der Waals surface area (Å²) in [6, 6.07) is 0. The third kappa shape index (κ3) is 2.01. The van der Waals surface area contributed by atoms with Crippen molar-refractivity contribution >= 4 is 17.5 Å². The Labute approximate surface area is 100 Å². The maximum absolute atomic E-state index is 11.9. The summed E-state index contributed by atoms with van der Waals surface area (Å²) < 4.78 is 0. The summed E-state index contributed by atoms with van der Waals surface area (Å²) in [6.45, 7) is 1.94. The Morgan fingerprint density at radius 3 is 2.76 bits per heavy atom. The highest BCUT2D eigenvalue weighted by Gasteiger charge is 2.53. The third-order valence-corrected chi connectivity index (χ3v) is 4.59. The number of carboxylic acid groups (broad SMARTS) is 1. The van der Waals surface area contributed by atoms with Crippen molar-refractivity contribution in [1.82, 2.24) is 0 Å². The smallest absolute Gasteiger partial charge is 0.139 e. The van der Waals surface area contributed by atoms with E-state index in [0.29, 0.717) is 25.7 Å². The Kier molecular flexibility index (Phi) is 3.06. The van der Waals surface area contributed by atoms with Crippen molar-refractivity contribution in [2.75, 3.05) is 0 Å². The van der Waals surface area contributed by atoms with Crippen LogP contribution in [0.3, 0.4) is 0 Å². The maximum Gasteiger partial charge on any atom is 0.139 e. The molecule has 2 aliphatic rings. The van der Waals surface area contributed by atoms with E-state index in [1.807, 2.05) is 6.92 Å². The monoisotopic (exact) mass is 237 g/mol. The van der Waals surface area contributed by atoms with Gasteiger partial charge in [0, 0.05) is 30.1 Å². The Morgan fingerprint density at radius 2 is 2.12 bits per heavy atom. The molecule has 2 aliphatic carbocycles. The number of carboxylic acids is 1. The van der Waals surface area contributed by atoms with Crippen molar-refractivity contribution in [2.24, 2.45) is 17.3 Å². The number of carbonyl (C=O) groups is 3. The van der Waals surface area contributed by atoms with Gasteiger partial charge in [0.25, 0.3) is 0 Å². The van der Waals surface area contributed by atoms with Gasteiger partial charge in [-0.15, -0.1) is 0 Å². The summed E-state index contributed by atoms with van der Waals surface area (Å²) in [5.41, 5.74) is -0.384. The first-order valence-corrected chi connectivity index (χ1v) is 6.21. The van der Waals surface area contributed by atoms with Crippen molar-refractivity contribution in [3.05, 3.63) is 0 Å². The molecule has 2 saturated carbocycles. The standard InChI is InChI=1S/C13H18O4/c1-13-7-6-10(14)8(2-5-12(16)17)9(13)3-4-11(13)15/h8-9H,2-7H2,1H3,(H,16,17)/p-1/t8-,9-,13-/m0/s1. The van der Waals surface area contributed by atoms with Gasteiger partial charge in [0.1, 0.15) is 11.6 Å². The van der Waals surface area contributed by atoms with E-state index < -0.39 is 5.97 Å². The number of ketones is 2. The van der Waals surface area contributed by atoms with E-state index in [-0.39, 0.29) is 35.2 Å². The molecule has 94 valence electrons. The number of fused-ring (bicyclic) bond motifs is 1. The summed E-state index contributed by atoms with van der Waals surface area (Å²) in [4.78, 5) is 34.2. The second-order valence-electron chi connectivity index (χ2n) is 5.47. The highest BCUT2D eigenvalue weighted by atomic mass is 16.4.